The maximum atomic E-state index is 12.1. The Morgan fingerprint density at radius 1 is 1.25 bits per heavy atom. The van der Waals surface area contributed by atoms with Crippen molar-refractivity contribution < 1.29 is 9.53 Å². The van der Waals surface area contributed by atoms with Crippen molar-refractivity contribution in [1.29, 1.82) is 0 Å². The van der Waals surface area contributed by atoms with E-state index in [0.717, 1.165) is 5.56 Å². The largest absolute Gasteiger partial charge is 0.489 e. The minimum Gasteiger partial charge on any atom is -0.489 e. The first-order valence-electron chi connectivity index (χ1n) is 7.54. The Morgan fingerprint density at radius 3 is 2.62 bits per heavy atom. The molecule has 3 N–H and O–H groups in total. The molecule has 0 fully saturated rings. The summed E-state index contributed by atoms with van der Waals surface area (Å²) in [6.45, 7) is 3.52. The van der Waals surface area contributed by atoms with Gasteiger partial charge >= 0.3 is 0 Å². The van der Waals surface area contributed by atoms with Gasteiger partial charge in [-0.05, 0) is 48.4 Å². The topological polar surface area (TPSA) is 64.3 Å². The Labute approximate surface area is 153 Å². The Balaban J connectivity index is 0.00000288. The summed E-state index contributed by atoms with van der Waals surface area (Å²) in [5.74, 6) is 0.782. The molecule has 24 heavy (non-hydrogen) atoms. The molecule has 130 valence electrons. The molecule has 6 heteroatoms. The van der Waals surface area contributed by atoms with Crippen LogP contribution in [0.3, 0.4) is 0 Å². The Bertz CT molecular complexity index is 648. The SMILES string of the molecule is CC(CN)CNC(=O)c1cccc(OCc2ccc(Cl)cc2)c1.Cl. The third-order valence-corrected chi connectivity index (χ3v) is 3.68. The monoisotopic (exact) mass is 368 g/mol. The van der Waals surface area contributed by atoms with E-state index >= 15 is 0 Å². The zero-order valence-electron chi connectivity index (χ0n) is 13.5. The highest BCUT2D eigenvalue weighted by Gasteiger charge is 2.08. The predicted molar refractivity (Wildman–Crippen MR) is 100 cm³/mol. The second kappa shape index (κ2) is 10.2. The van der Waals surface area contributed by atoms with Crippen molar-refractivity contribution in [2.75, 3.05) is 13.1 Å². The lowest BCUT2D eigenvalue weighted by molar-refractivity contribution is 0.0948. The summed E-state index contributed by atoms with van der Waals surface area (Å²) >= 11 is 5.85. The highest BCUT2D eigenvalue weighted by atomic mass is 35.5. The number of halogens is 2. The third kappa shape index (κ3) is 6.40. The summed E-state index contributed by atoms with van der Waals surface area (Å²) in [4.78, 5) is 12.1. The fraction of sp³-hybridized carbons (Fsp3) is 0.278. The number of benzene rings is 2. The van der Waals surface area contributed by atoms with Gasteiger partial charge < -0.3 is 15.8 Å². The molecule has 0 bridgehead atoms. The lowest BCUT2D eigenvalue weighted by atomic mass is 10.1. The molecule has 2 aromatic rings. The van der Waals surface area contributed by atoms with Crippen molar-refractivity contribution in [3.63, 3.8) is 0 Å². The zero-order valence-corrected chi connectivity index (χ0v) is 15.1. The predicted octanol–water partition coefficient (Wildman–Crippen LogP) is 3.67. The van der Waals surface area contributed by atoms with Gasteiger partial charge in [0.15, 0.2) is 0 Å². The first kappa shape index (κ1) is 20.3. The lowest BCUT2D eigenvalue weighted by Gasteiger charge is -2.11. The Morgan fingerprint density at radius 2 is 1.96 bits per heavy atom. The number of ether oxygens (including phenoxy) is 1. The third-order valence-electron chi connectivity index (χ3n) is 3.43. The Kier molecular flexibility index (Phi) is 8.61. The molecule has 1 atom stereocenters. The minimum atomic E-state index is -0.123. The number of carbonyl (C=O) groups is 1. The zero-order chi connectivity index (χ0) is 16.7. The van der Waals surface area contributed by atoms with Crippen LogP contribution in [0.2, 0.25) is 5.02 Å². The molecule has 0 heterocycles. The van der Waals surface area contributed by atoms with E-state index in [-0.39, 0.29) is 24.2 Å². The smallest absolute Gasteiger partial charge is 0.251 e. The fourth-order valence-corrected chi connectivity index (χ4v) is 2.05. The van der Waals surface area contributed by atoms with Gasteiger partial charge in [-0.15, -0.1) is 12.4 Å². The first-order chi connectivity index (χ1) is 11.1. The second-order valence-corrected chi connectivity index (χ2v) is 5.93. The van der Waals surface area contributed by atoms with Crippen molar-refractivity contribution in [2.45, 2.75) is 13.5 Å². The van der Waals surface area contributed by atoms with Crippen LogP contribution in [0.5, 0.6) is 5.75 Å². The number of nitrogens with one attached hydrogen (secondary N) is 1. The van der Waals surface area contributed by atoms with E-state index in [1.165, 1.54) is 0 Å². The van der Waals surface area contributed by atoms with Crippen molar-refractivity contribution in [1.82, 2.24) is 5.32 Å². The van der Waals surface area contributed by atoms with Gasteiger partial charge in [0.2, 0.25) is 0 Å². The van der Waals surface area contributed by atoms with Crippen LogP contribution in [0.15, 0.2) is 48.5 Å². The molecule has 0 saturated carbocycles. The van der Waals surface area contributed by atoms with Crippen molar-refractivity contribution in [3.05, 3.63) is 64.7 Å². The molecule has 0 aliphatic rings. The van der Waals surface area contributed by atoms with Gasteiger partial charge in [0, 0.05) is 17.1 Å². The standard InChI is InChI=1S/C18H21ClN2O2.ClH/c1-13(10-20)11-21-18(22)15-3-2-4-17(9-15)23-12-14-5-7-16(19)8-6-14;/h2-9,13H,10-12,20H2,1H3,(H,21,22);1H. The summed E-state index contributed by atoms with van der Waals surface area (Å²) in [6.07, 6.45) is 0. The number of carbonyl (C=O) groups excluding carboxylic acids is 1. The summed E-state index contributed by atoms with van der Waals surface area (Å²) < 4.78 is 5.73. The van der Waals surface area contributed by atoms with Gasteiger partial charge in [-0.3, -0.25) is 4.79 Å². The average molecular weight is 369 g/mol. The van der Waals surface area contributed by atoms with Crippen LogP contribution in [0, 0.1) is 5.92 Å². The molecule has 2 aromatic carbocycles. The molecule has 0 aromatic heterocycles. The van der Waals surface area contributed by atoms with E-state index in [9.17, 15) is 4.79 Å². The summed E-state index contributed by atoms with van der Waals surface area (Å²) in [5, 5.41) is 3.56. The van der Waals surface area contributed by atoms with Crippen molar-refractivity contribution in [3.8, 4) is 5.75 Å². The summed E-state index contributed by atoms with van der Waals surface area (Å²) in [6, 6.07) is 14.6. The molecule has 0 saturated heterocycles. The van der Waals surface area contributed by atoms with E-state index < -0.39 is 0 Å². The number of nitrogens with two attached hydrogens (primary N) is 1. The van der Waals surface area contributed by atoms with Gasteiger partial charge in [0.05, 0.1) is 0 Å². The van der Waals surface area contributed by atoms with Crippen LogP contribution in [-0.4, -0.2) is 19.0 Å². The highest BCUT2D eigenvalue weighted by molar-refractivity contribution is 6.30. The molecule has 1 unspecified atom stereocenters. The van der Waals surface area contributed by atoms with Crippen LogP contribution in [-0.2, 0) is 6.61 Å². The van der Waals surface area contributed by atoms with Gasteiger partial charge in [0.25, 0.3) is 5.91 Å². The number of amides is 1. The van der Waals surface area contributed by atoms with Gasteiger partial charge in [-0.1, -0.05) is 36.7 Å². The fourth-order valence-electron chi connectivity index (χ4n) is 1.93. The summed E-state index contributed by atoms with van der Waals surface area (Å²) in [7, 11) is 0. The van der Waals surface area contributed by atoms with Gasteiger partial charge in [-0.2, -0.15) is 0 Å². The summed E-state index contributed by atoms with van der Waals surface area (Å²) in [5.41, 5.74) is 7.13. The number of hydrogen-bond acceptors (Lipinski definition) is 3. The van der Waals surface area contributed by atoms with E-state index in [1.807, 2.05) is 37.3 Å². The number of rotatable bonds is 7. The van der Waals surface area contributed by atoms with Crippen molar-refractivity contribution >= 4 is 29.9 Å². The van der Waals surface area contributed by atoms with E-state index in [2.05, 4.69) is 5.32 Å². The van der Waals surface area contributed by atoms with Crippen LogP contribution in [0.4, 0.5) is 0 Å². The first-order valence-corrected chi connectivity index (χ1v) is 7.92. The second-order valence-electron chi connectivity index (χ2n) is 5.49. The average Bonchev–Trinajstić information content (AvgIpc) is 2.59. The maximum absolute atomic E-state index is 12.1. The van der Waals surface area contributed by atoms with E-state index in [1.54, 1.807) is 18.2 Å². The van der Waals surface area contributed by atoms with E-state index in [0.29, 0.717) is 36.0 Å². The minimum absolute atomic E-state index is 0. The quantitative estimate of drug-likeness (QED) is 0.783. The molecular weight excluding hydrogens is 347 g/mol. The molecule has 2 rings (SSSR count). The van der Waals surface area contributed by atoms with Gasteiger partial charge in [0.1, 0.15) is 12.4 Å². The van der Waals surface area contributed by atoms with Crippen molar-refractivity contribution in [2.24, 2.45) is 11.7 Å². The van der Waals surface area contributed by atoms with E-state index in [4.69, 9.17) is 22.1 Å². The molecule has 0 aliphatic heterocycles. The lowest BCUT2D eigenvalue weighted by Crippen LogP contribution is -2.31. The highest BCUT2D eigenvalue weighted by Crippen LogP contribution is 2.16. The van der Waals surface area contributed by atoms with Crippen LogP contribution in [0.1, 0.15) is 22.8 Å². The van der Waals surface area contributed by atoms with Crippen LogP contribution in [0.25, 0.3) is 0 Å². The molecule has 0 radical (unpaired) electrons. The number of hydrogen-bond donors (Lipinski definition) is 2. The molecular formula is C18H22Cl2N2O2. The van der Waals surface area contributed by atoms with Gasteiger partial charge in [-0.25, -0.2) is 0 Å². The molecule has 0 spiro atoms. The molecule has 0 aliphatic carbocycles. The maximum Gasteiger partial charge on any atom is 0.251 e. The van der Waals surface area contributed by atoms with Crippen LogP contribution < -0.4 is 15.8 Å². The Hall–Kier alpha value is -1.75. The van der Waals surface area contributed by atoms with Crippen LogP contribution >= 0.6 is 24.0 Å². The normalized spacial score (nSPS) is 11.3. The molecule has 4 nitrogen and oxygen atoms in total. The molecule has 1 amide bonds.